The van der Waals surface area contributed by atoms with Crippen LogP contribution < -0.4 is 0 Å². The zero-order valence-electron chi connectivity index (χ0n) is 13.6. The molecule has 0 heterocycles. The quantitative estimate of drug-likeness (QED) is 0.338. The maximum Gasteiger partial charge on any atom is 0.206 e. The number of hydrogen-bond donors (Lipinski definition) is 0. The highest BCUT2D eigenvalue weighted by atomic mass is 16.6. The minimum absolute atomic E-state index is 0.0302. The Labute approximate surface area is 126 Å². The van der Waals surface area contributed by atoms with Gasteiger partial charge in [-0.3, -0.25) is 14.9 Å². The Bertz CT molecular complexity index is 483. The number of carbonyl (C=O) groups excluding carboxylic acids is 1. The number of ketones is 1. The zero-order valence-corrected chi connectivity index (χ0v) is 13.6. The molecule has 0 bridgehead atoms. The molecule has 21 heavy (non-hydrogen) atoms. The van der Waals surface area contributed by atoms with Gasteiger partial charge >= 0.3 is 0 Å². The number of hydrogen-bond acceptors (Lipinski definition) is 4. The molecule has 0 aromatic carbocycles. The number of allylic oxidation sites excluding steroid dienone is 1. The summed E-state index contributed by atoms with van der Waals surface area (Å²) in [5, 5.41) is 10.5. The molecule has 1 aliphatic rings. The molecule has 2 atom stereocenters. The highest BCUT2D eigenvalue weighted by Gasteiger charge is 2.42. The van der Waals surface area contributed by atoms with E-state index >= 15 is 0 Å². The molecular weight excluding hydrogens is 270 g/mol. The Morgan fingerprint density at radius 2 is 2.14 bits per heavy atom. The number of nitro groups is 1. The van der Waals surface area contributed by atoms with Crippen LogP contribution in [0.3, 0.4) is 0 Å². The van der Waals surface area contributed by atoms with Gasteiger partial charge in [-0.05, 0) is 32.3 Å². The fraction of sp³-hybridized carbons (Fsp3) is 0.750. The van der Waals surface area contributed by atoms with Gasteiger partial charge in [0.05, 0.1) is 6.10 Å². The van der Waals surface area contributed by atoms with E-state index in [1.165, 1.54) is 7.11 Å². The van der Waals surface area contributed by atoms with Gasteiger partial charge < -0.3 is 4.74 Å². The second-order valence-corrected chi connectivity index (χ2v) is 6.51. The van der Waals surface area contributed by atoms with Gasteiger partial charge in [0.25, 0.3) is 0 Å². The number of carbonyl (C=O) groups is 1. The molecule has 5 heteroatoms. The van der Waals surface area contributed by atoms with Crippen molar-refractivity contribution < 1.29 is 14.5 Å². The second kappa shape index (κ2) is 7.01. The minimum atomic E-state index is -0.395. The monoisotopic (exact) mass is 295 g/mol. The predicted molar refractivity (Wildman–Crippen MR) is 80.7 cm³/mol. The highest BCUT2D eigenvalue weighted by molar-refractivity contribution is 5.99. The molecule has 0 aromatic rings. The summed E-state index contributed by atoms with van der Waals surface area (Å²) in [5.41, 5.74) is 4.65. The number of methoxy groups -OCH3 is 1. The standard InChI is InChI=1S/C16H25NO4/c1-11(2)10-13-15(18)12(6-8-16(13,3)4)14(21-5)7-9-17(19)20/h12,14H,6-9H2,1-5H3/t12?,14-/m0/s1. The van der Waals surface area contributed by atoms with Crippen LogP contribution >= 0.6 is 0 Å². The smallest absolute Gasteiger partial charge is 0.206 e. The van der Waals surface area contributed by atoms with Gasteiger partial charge in [-0.15, -0.1) is 5.73 Å². The molecule has 5 nitrogen and oxygen atoms in total. The van der Waals surface area contributed by atoms with Crippen molar-refractivity contribution in [2.75, 3.05) is 13.7 Å². The van der Waals surface area contributed by atoms with E-state index in [2.05, 4.69) is 5.73 Å². The van der Waals surface area contributed by atoms with Crippen LogP contribution in [0.2, 0.25) is 0 Å². The Hall–Kier alpha value is -1.45. The third-order valence-electron chi connectivity index (χ3n) is 4.06. The maximum absolute atomic E-state index is 12.8. The van der Waals surface area contributed by atoms with E-state index in [0.29, 0.717) is 12.0 Å². The molecule has 1 aliphatic carbocycles. The van der Waals surface area contributed by atoms with Crippen LogP contribution in [-0.2, 0) is 9.53 Å². The molecule has 118 valence electrons. The van der Waals surface area contributed by atoms with Crippen molar-refractivity contribution in [2.45, 2.75) is 53.1 Å². The molecule has 0 saturated heterocycles. The summed E-state index contributed by atoms with van der Waals surface area (Å²) >= 11 is 0. The summed E-state index contributed by atoms with van der Waals surface area (Å²) in [6.07, 6.45) is 1.43. The van der Waals surface area contributed by atoms with Crippen molar-refractivity contribution >= 4 is 5.78 Å². The van der Waals surface area contributed by atoms with Crippen LogP contribution in [0.5, 0.6) is 0 Å². The molecule has 0 N–H and O–H groups in total. The van der Waals surface area contributed by atoms with Crippen molar-refractivity contribution in [3.63, 3.8) is 0 Å². The lowest BCUT2D eigenvalue weighted by Crippen LogP contribution is -2.40. The topological polar surface area (TPSA) is 69.4 Å². The molecular formula is C16H25NO4. The van der Waals surface area contributed by atoms with E-state index in [4.69, 9.17) is 4.74 Å². The lowest BCUT2D eigenvalue weighted by atomic mass is 9.67. The van der Waals surface area contributed by atoms with E-state index in [9.17, 15) is 14.9 Å². The SMILES string of the molecule is CO[C@@H](CC[N+](=O)[O-])C1CCC(C)(C)C(=C=C(C)C)C1=O. The van der Waals surface area contributed by atoms with Gasteiger partial charge in [0.2, 0.25) is 6.54 Å². The van der Waals surface area contributed by atoms with E-state index in [-0.39, 0.29) is 35.0 Å². The molecule has 0 amide bonds. The molecule has 1 saturated carbocycles. The predicted octanol–water partition coefficient (Wildman–Crippen LogP) is 3.17. The zero-order chi connectivity index (χ0) is 16.2. The normalized spacial score (nSPS) is 22.6. The average molecular weight is 295 g/mol. The van der Waals surface area contributed by atoms with E-state index in [0.717, 1.165) is 12.0 Å². The lowest BCUT2D eigenvalue weighted by molar-refractivity contribution is -0.482. The Morgan fingerprint density at radius 1 is 1.52 bits per heavy atom. The summed E-state index contributed by atoms with van der Waals surface area (Å²) in [5.74, 6) is -0.271. The largest absolute Gasteiger partial charge is 0.380 e. The summed E-state index contributed by atoms with van der Waals surface area (Å²) < 4.78 is 5.36. The Balaban J connectivity index is 3.04. The molecule has 1 fully saturated rings. The number of Topliss-reactive ketones (excluding diaryl/α,β-unsaturated/α-hetero) is 1. The van der Waals surface area contributed by atoms with Crippen LogP contribution in [-0.4, -0.2) is 30.5 Å². The highest BCUT2D eigenvalue weighted by Crippen LogP contribution is 2.42. The van der Waals surface area contributed by atoms with Crippen LogP contribution in [0.4, 0.5) is 0 Å². The van der Waals surface area contributed by atoms with Crippen LogP contribution in [0.25, 0.3) is 0 Å². The molecule has 1 unspecified atom stereocenters. The van der Waals surface area contributed by atoms with Crippen LogP contribution in [0.1, 0.15) is 47.0 Å². The van der Waals surface area contributed by atoms with E-state index < -0.39 is 6.10 Å². The first-order chi connectivity index (χ1) is 9.69. The van der Waals surface area contributed by atoms with Crippen molar-refractivity contribution in [1.82, 2.24) is 0 Å². The third kappa shape index (κ3) is 4.51. The fourth-order valence-corrected chi connectivity index (χ4v) is 2.84. The van der Waals surface area contributed by atoms with Gasteiger partial charge in [-0.25, -0.2) is 0 Å². The first kappa shape index (κ1) is 17.6. The second-order valence-electron chi connectivity index (χ2n) is 6.51. The van der Waals surface area contributed by atoms with E-state index in [1.807, 2.05) is 27.7 Å². The summed E-state index contributed by atoms with van der Waals surface area (Å²) in [4.78, 5) is 22.9. The maximum atomic E-state index is 12.8. The number of ether oxygens (including phenoxy) is 1. The van der Waals surface area contributed by atoms with E-state index in [1.54, 1.807) is 0 Å². The molecule has 0 spiro atoms. The Kier molecular flexibility index (Phi) is 5.87. The first-order valence-corrected chi connectivity index (χ1v) is 7.32. The van der Waals surface area contributed by atoms with Crippen molar-refractivity contribution in [3.8, 4) is 0 Å². The molecule has 0 aliphatic heterocycles. The molecule has 0 aromatic heterocycles. The number of rotatable bonds is 5. The van der Waals surface area contributed by atoms with Crippen molar-refractivity contribution in [3.05, 3.63) is 27.0 Å². The van der Waals surface area contributed by atoms with Gasteiger partial charge in [-0.1, -0.05) is 13.8 Å². The summed E-state index contributed by atoms with van der Waals surface area (Å²) in [6.45, 7) is 7.75. The fourth-order valence-electron chi connectivity index (χ4n) is 2.84. The summed E-state index contributed by atoms with van der Waals surface area (Å²) in [7, 11) is 1.52. The van der Waals surface area contributed by atoms with Crippen molar-refractivity contribution in [2.24, 2.45) is 11.3 Å². The van der Waals surface area contributed by atoms with Gasteiger partial charge in [-0.2, -0.15) is 0 Å². The third-order valence-corrected chi connectivity index (χ3v) is 4.06. The number of nitrogens with zero attached hydrogens (tertiary/aromatic N) is 1. The molecule has 1 rings (SSSR count). The first-order valence-electron chi connectivity index (χ1n) is 7.32. The van der Waals surface area contributed by atoms with Gasteiger partial charge in [0.15, 0.2) is 5.78 Å². The van der Waals surface area contributed by atoms with Crippen LogP contribution in [0, 0.1) is 21.4 Å². The average Bonchev–Trinajstić information content (AvgIpc) is 2.37. The van der Waals surface area contributed by atoms with Crippen molar-refractivity contribution in [1.29, 1.82) is 0 Å². The minimum Gasteiger partial charge on any atom is -0.380 e. The molecule has 0 radical (unpaired) electrons. The van der Waals surface area contributed by atoms with Crippen LogP contribution in [0.15, 0.2) is 16.9 Å². The summed E-state index contributed by atoms with van der Waals surface area (Å²) in [6, 6.07) is 0. The van der Waals surface area contributed by atoms with Gasteiger partial charge in [0, 0.05) is 35.4 Å². The lowest BCUT2D eigenvalue weighted by Gasteiger charge is -2.37. The van der Waals surface area contributed by atoms with Gasteiger partial charge in [0.1, 0.15) is 0 Å². The Morgan fingerprint density at radius 3 is 2.62 bits per heavy atom.